The molecular weight excluding hydrogens is 193 g/mol. The Morgan fingerprint density at radius 2 is 2.07 bits per heavy atom. The molecule has 0 aliphatic carbocycles. The molecule has 1 aromatic heterocycles. The van der Waals surface area contributed by atoms with E-state index in [2.05, 4.69) is 4.98 Å². The number of carbonyl (C=O) groups is 1. The number of hydrogen-bond acceptors (Lipinski definition) is 2. The van der Waals surface area contributed by atoms with Crippen LogP contribution in [-0.4, -0.2) is 11.3 Å². The Balaban J connectivity index is 2.61. The van der Waals surface area contributed by atoms with Gasteiger partial charge >= 0.3 is 0 Å². The van der Waals surface area contributed by atoms with Gasteiger partial charge < -0.3 is 0 Å². The van der Waals surface area contributed by atoms with Crippen LogP contribution in [0.1, 0.15) is 10.4 Å². The van der Waals surface area contributed by atoms with E-state index >= 15 is 0 Å². The topological polar surface area (TPSA) is 30.0 Å². The minimum Gasteiger partial charge on any atom is -0.298 e. The van der Waals surface area contributed by atoms with Gasteiger partial charge in [-0.2, -0.15) is 0 Å². The number of rotatable bonds is 2. The third-order valence-corrected chi connectivity index (χ3v) is 2.08. The molecule has 1 aromatic carbocycles. The fourth-order valence-corrected chi connectivity index (χ4v) is 1.38. The average molecular weight is 201 g/mol. The van der Waals surface area contributed by atoms with Crippen molar-refractivity contribution in [2.45, 2.75) is 0 Å². The number of benzene rings is 1. The highest BCUT2D eigenvalue weighted by molar-refractivity contribution is 5.86. The zero-order chi connectivity index (χ0) is 10.7. The molecule has 0 aliphatic heterocycles. The van der Waals surface area contributed by atoms with Crippen LogP contribution in [0.25, 0.3) is 11.3 Å². The van der Waals surface area contributed by atoms with E-state index in [-0.39, 0.29) is 5.82 Å². The van der Waals surface area contributed by atoms with E-state index in [1.807, 2.05) is 0 Å². The molecule has 0 aliphatic rings. The van der Waals surface area contributed by atoms with Crippen molar-refractivity contribution in [3.05, 3.63) is 54.0 Å². The van der Waals surface area contributed by atoms with Crippen LogP contribution in [0.15, 0.2) is 42.6 Å². The number of pyridine rings is 1. The fourth-order valence-electron chi connectivity index (χ4n) is 1.38. The normalized spacial score (nSPS) is 9.93. The summed E-state index contributed by atoms with van der Waals surface area (Å²) in [5.74, 6) is -0.374. The molecular formula is C12H8FNO. The number of nitrogens with zero attached hydrogens (tertiary/aromatic N) is 1. The summed E-state index contributed by atoms with van der Waals surface area (Å²) >= 11 is 0. The lowest BCUT2D eigenvalue weighted by Crippen LogP contribution is -1.90. The van der Waals surface area contributed by atoms with Crippen LogP contribution in [0, 0.1) is 5.82 Å². The van der Waals surface area contributed by atoms with Crippen molar-refractivity contribution in [3.8, 4) is 11.3 Å². The maximum atomic E-state index is 13.0. The molecule has 74 valence electrons. The number of hydrogen-bond donors (Lipinski definition) is 0. The Morgan fingerprint density at radius 3 is 2.73 bits per heavy atom. The van der Waals surface area contributed by atoms with Crippen LogP contribution < -0.4 is 0 Å². The zero-order valence-electron chi connectivity index (χ0n) is 7.85. The van der Waals surface area contributed by atoms with E-state index < -0.39 is 0 Å². The van der Waals surface area contributed by atoms with Crippen molar-refractivity contribution < 1.29 is 9.18 Å². The van der Waals surface area contributed by atoms with Crippen molar-refractivity contribution >= 4 is 6.29 Å². The van der Waals surface area contributed by atoms with Gasteiger partial charge in [-0.3, -0.25) is 9.78 Å². The largest absolute Gasteiger partial charge is 0.298 e. The Hall–Kier alpha value is -2.03. The van der Waals surface area contributed by atoms with Crippen molar-refractivity contribution in [1.29, 1.82) is 0 Å². The summed E-state index contributed by atoms with van der Waals surface area (Å²) in [6.45, 7) is 0. The van der Waals surface area contributed by atoms with Crippen LogP contribution in [0.3, 0.4) is 0 Å². The van der Waals surface area contributed by atoms with E-state index in [1.54, 1.807) is 24.4 Å². The lowest BCUT2D eigenvalue weighted by atomic mass is 10.0. The van der Waals surface area contributed by atoms with Crippen molar-refractivity contribution in [2.24, 2.45) is 0 Å². The second kappa shape index (κ2) is 4.00. The molecule has 0 unspecified atom stereocenters. The molecule has 0 bridgehead atoms. The molecule has 0 amide bonds. The van der Waals surface area contributed by atoms with Gasteiger partial charge in [0.15, 0.2) is 6.29 Å². The quantitative estimate of drug-likeness (QED) is 0.699. The van der Waals surface area contributed by atoms with Crippen molar-refractivity contribution in [2.75, 3.05) is 0 Å². The van der Waals surface area contributed by atoms with Gasteiger partial charge in [-0.1, -0.05) is 6.07 Å². The molecule has 15 heavy (non-hydrogen) atoms. The Labute approximate surface area is 86.4 Å². The Morgan fingerprint density at radius 1 is 1.20 bits per heavy atom. The van der Waals surface area contributed by atoms with Crippen LogP contribution >= 0.6 is 0 Å². The molecule has 2 aromatic rings. The number of carbonyl (C=O) groups excluding carboxylic acids is 1. The van der Waals surface area contributed by atoms with Crippen LogP contribution in [0.5, 0.6) is 0 Å². The van der Waals surface area contributed by atoms with Crippen LogP contribution in [-0.2, 0) is 0 Å². The second-order valence-corrected chi connectivity index (χ2v) is 3.06. The van der Waals surface area contributed by atoms with Gasteiger partial charge in [0, 0.05) is 17.3 Å². The van der Waals surface area contributed by atoms with E-state index in [9.17, 15) is 9.18 Å². The minimum atomic E-state index is -0.374. The van der Waals surface area contributed by atoms with Gasteiger partial charge in [-0.05, 0) is 30.3 Å². The Kier molecular flexibility index (Phi) is 2.54. The smallest absolute Gasteiger partial charge is 0.150 e. The molecule has 3 heteroatoms. The Bertz CT molecular complexity index is 482. The van der Waals surface area contributed by atoms with E-state index in [0.29, 0.717) is 23.1 Å². The lowest BCUT2D eigenvalue weighted by molar-refractivity contribution is 0.112. The summed E-state index contributed by atoms with van der Waals surface area (Å²) in [5.41, 5.74) is 1.56. The predicted octanol–water partition coefficient (Wildman–Crippen LogP) is 2.70. The number of halogens is 1. The summed E-state index contributed by atoms with van der Waals surface area (Å²) in [4.78, 5) is 14.8. The molecule has 0 atom stereocenters. The summed E-state index contributed by atoms with van der Waals surface area (Å²) in [6, 6.07) is 9.32. The van der Waals surface area contributed by atoms with Gasteiger partial charge in [0.1, 0.15) is 5.82 Å². The van der Waals surface area contributed by atoms with E-state index in [0.717, 1.165) is 0 Å². The molecule has 0 fully saturated rings. The molecule has 0 radical (unpaired) electrons. The highest BCUT2D eigenvalue weighted by Crippen LogP contribution is 2.21. The molecule has 2 rings (SSSR count). The van der Waals surface area contributed by atoms with Gasteiger partial charge in [0.05, 0.1) is 5.69 Å². The minimum absolute atomic E-state index is 0.374. The second-order valence-electron chi connectivity index (χ2n) is 3.06. The van der Waals surface area contributed by atoms with Gasteiger partial charge in [-0.25, -0.2) is 4.39 Å². The van der Waals surface area contributed by atoms with Crippen LogP contribution in [0.4, 0.5) is 4.39 Å². The maximum Gasteiger partial charge on any atom is 0.150 e. The summed E-state index contributed by atoms with van der Waals surface area (Å²) in [6.07, 6.45) is 2.30. The number of aldehydes is 1. The monoisotopic (exact) mass is 201 g/mol. The molecule has 0 saturated carbocycles. The predicted molar refractivity (Wildman–Crippen MR) is 55.0 cm³/mol. The highest BCUT2D eigenvalue weighted by Gasteiger charge is 2.06. The zero-order valence-corrected chi connectivity index (χ0v) is 7.85. The third-order valence-electron chi connectivity index (χ3n) is 2.08. The fraction of sp³-hybridized carbons (Fsp3) is 0. The average Bonchev–Trinajstić information content (AvgIpc) is 2.30. The molecule has 0 saturated heterocycles. The summed E-state index contributed by atoms with van der Waals surface area (Å²) in [5, 5.41) is 0. The SMILES string of the molecule is O=Cc1ccc(F)cc1-c1ccccn1. The first-order valence-electron chi connectivity index (χ1n) is 4.47. The van der Waals surface area contributed by atoms with Gasteiger partial charge in [0.25, 0.3) is 0 Å². The molecule has 0 N–H and O–H groups in total. The summed E-state index contributed by atoms with van der Waals surface area (Å²) < 4.78 is 13.0. The maximum absolute atomic E-state index is 13.0. The lowest BCUT2D eigenvalue weighted by Gasteiger charge is -2.03. The van der Waals surface area contributed by atoms with E-state index in [4.69, 9.17) is 0 Å². The standard InChI is InChI=1S/C12H8FNO/c13-10-5-4-9(8-15)11(7-10)12-3-1-2-6-14-12/h1-8H. The first-order chi connectivity index (χ1) is 7.31. The third kappa shape index (κ3) is 1.91. The summed E-state index contributed by atoms with van der Waals surface area (Å²) in [7, 11) is 0. The molecule has 0 spiro atoms. The molecule has 2 nitrogen and oxygen atoms in total. The van der Waals surface area contributed by atoms with Gasteiger partial charge in [-0.15, -0.1) is 0 Å². The molecule has 1 heterocycles. The van der Waals surface area contributed by atoms with Gasteiger partial charge in [0.2, 0.25) is 0 Å². The first-order valence-corrected chi connectivity index (χ1v) is 4.47. The van der Waals surface area contributed by atoms with Crippen molar-refractivity contribution in [1.82, 2.24) is 4.98 Å². The first kappa shape index (κ1) is 9.52. The van der Waals surface area contributed by atoms with Crippen molar-refractivity contribution in [3.63, 3.8) is 0 Å². The number of aromatic nitrogens is 1. The van der Waals surface area contributed by atoms with E-state index in [1.165, 1.54) is 18.2 Å². The van der Waals surface area contributed by atoms with Crippen LogP contribution in [0.2, 0.25) is 0 Å². The highest BCUT2D eigenvalue weighted by atomic mass is 19.1.